The average molecular weight is 503 g/mol. The van der Waals surface area contributed by atoms with Gasteiger partial charge < -0.3 is 16.0 Å². The molecule has 1 amide bonds. The molecule has 3 N–H and O–H groups in total. The van der Waals surface area contributed by atoms with Gasteiger partial charge in [-0.05, 0) is 37.1 Å². The number of anilines is 2. The number of hydrogen-bond acceptors (Lipinski definition) is 8. The molecule has 1 aliphatic heterocycles. The third-order valence-electron chi connectivity index (χ3n) is 6.73. The van der Waals surface area contributed by atoms with Gasteiger partial charge in [0.15, 0.2) is 11.5 Å². The van der Waals surface area contributed by atoms with Gasteiger partial charge in [-0.1, -0.05) is 42.5 Å². The lowest BCUT2D eigenvalue weighted by molar-refractivity contribution is 0.0927. The zero-order valence-corrected chi connectivity index (χ0v) is 20.7. The number of nitrogens with zero attached hydrogens (tertiary/aromatic N) is 6. The zero-order valence-electron chi connectivity index (χ0n) is 20.7. The Kier molecular flexibility index (Phi) is 6.31. The maximum absolute atomic E-state index is 13.4. The first-order chi connectivity index (χ1) is 18.7. The molecule has 0 radical (unpaired) electrons. The Morgan fingerprint density at radius 1 is 0.816 bits per heavy atom. The first-order valence-electron chi connectivity index (χ1n) is 12.6. The summed E-state index contributed by atoms with van der Waals surface area (Å²) in [5, 5.41) is 4.09. The number of amides is 1. The molecule has 1 saturated heterocycles. The summed E-state index contributed by atoms with van der Waals surface area (Å²) in [6.07, 6.45) is 6.77. The lowest BCUT2D eigenvalue weighted by Crippen LogP contribution is -2.45. The van der Waals surface area contributed by atoms with Crippen LogP contribution in [0.15, 0.2) is 85.3 Å². The van der Waals surface area contributed by atoms with E-state index in [0.29, 0.717) is 17.3 Å². The minimum atomic E-state index is -0.326. The second-order valence-electron chi connectivity index (χ2n) is 9.22. The molecule has 0 saturated carbocycles. The molecule has 1 fully saturated rings. The number of benzene rings is 2. The van der Waals surface area contributed by atoms with Crippen LogP contribution in [-0.2, 0) is 0 Å². The van der Waals surface area contributed by atoms with E-state index >= 15 is 0 Å². The summed E-state index contributed by atoms with van der Waals surface area (Å²) in [6, 6.07) is 21.3. The van der Waals surface area contributed by atoms with Gasteiger partial charge in [0, 0.05) is 54.2 Å². The Morgan fingerprint density at radius 2 is 1.55 bits per heavy atom. The van der Waals surface area contributed by atoms with Crippen LogP contribution in [0.1, 0.15) is 23.3 Å². The molecule has 5 aromatic rings. The molecule has 1 aliphatic rings. The first-order valence-corrected chi connectivity index (χ1v) is 12.6. The number of aromatic nitrogens is 5. The number of fused-ring (bicyclic) bond motifs is 1. The fourth-order valence-corrected chi connectivity index (χ4v) is 4.77. The monoisotopic (exact) mass is 502 g/mol. The molecule has 9 nitrogen and oxygen atoms in total. The number of carbonyl (C=O) groups is 1. The van der Waals surface area contributed by atoms with Gasteiger partial charge in [-0.2, -0.15) is 0 Å². The first kappa shape index (κ1) is 23.5. The van der Waals surface area contributed by atoms with Crippen molar-refractivity contribution in [3.63, 3.8) is 0 Å². The molecule has 0 bridgehead atoms. The minimum Gasteiger partial charge on any atom is -0.382 e. The maximum Gasteiger partial charge on any atom is 0.273 e. The van der Waals surface area contributed by atoms with Crippen LogP contribution < -0.4 is 16.0 Å². The molecule has 6 rings (SSSR count). The smallest absolute Gasteiger partial charge is 0.273 e. The molecule has 38 heavy (non-hydrogen) atoms. The second-order valence-corrected chi connectivity index (χ2v) is 9.22. The van der Waals surface area contributed by atoms with Crippen LogP contribution in [0.2, 0.25) is 0 Å². The molecule has 3 aromatic heterocycles. The predicted molar refractivity (Wildman–Crippen MR) is 147 cm³/mol. The van der Waals surface area contributed by atoms with Crippen LogP contribution in [0.3, 0.4) is 0 Å². The highest BCUT2D eigenvalue weighted by atomic mass is 16.2. The van der Waals surface area contributed by atoms with Gasteiger partial charge in [-0.25, -0.2) is 19.9 Å². The summed E-state index contributed by atoms with van der Waals surface area (Å²) in [6.45, 7) is 1.50. The Hall–Kier alpha value is -4.92. The van der Waals surface area contributed by atoms with Gasteiger partial charge in [0.25, 0.3) is 5.91 Å². The van der Waals surface area contributed by atoms with E-state index in [-0.39, 0.29) is 23.5 Å². The van der Waals surface area contributed by atoms with E-state index in [0.717, 1.165) is 48.0 Å². The van der Waals surface area contributed by atoms with E-state index in [4.69, 9.17) is 10.7 Å². The number of nitrogen functional groups attached to an aromatic ring is 1. The second kappa shape index (κ2) is 10.2. The number of rotatable bonds is 5. The highest BCUT2D eigenvalue weighted by Crippen LogP contribution is 2.32. The number of carbonyl (C=O) groups excluding carboxylic acids is 1. The van der Waals surface area contributed by atoms with Crippen molar-refractivity contribution in [2.75, 3.05) is 23.7 Å². The summed E-state index contributed by atoms with van der Waals surface area (Å²) >= 11 is 0. The summed E-state index contributed by atoms with van der Waals surface area (Å²) in [5.74, 6) is 0.481. The maximum atomic E-state index is 13.4. The normalized spacial score (nSPS) is 13.9. The Bertz CT molecular complexity index is 1590. The minimum absolute atomic E-state index is 0.00680. The van der Waals surface area contributed by atoms with Crippen LogP contribution in [0.5, 0.6) is 0 Å². The number of nitrogens with one attached hydrogen (secondary N) is 1. The molecule has 0 spiro atoms. The van der Waals surface area contributed by atoms with E-state index < -0.39 is 0 Å². The predicted octanol–water partition coefficient (Wildman–Crippen LogP) is 4.13. The fourth-order valence-electron chi connectivity index (χ4n) is 4.77. The van der Waals surface area contributed by atoms with Crippen molar-refractivity contribution in [2.24, 2.45) is 0 Å². The largest absolute Gasteiger partial charge is 0.382 e. The van der Waals surface area contributed by atoms with E-state index in [2.05, 4.69) is 30.2 Å². The van der Waals surface area contributed by atoms with Gasteiger partial charge in [-0.3, -0.25) is 9.78 Å². The van der Waals surface area contributed by atoms with Gasteiger partial charge in [0.05, 0.1) is 16.9 Å². The summed E-state index contributed by atoms with van der Waals surface area (Å²) in [5.41, 5.74) is 10.3. The van der Waals surface area contributed by atoms with Crippen LogP contribution in [0, 0.1) is 0 Å². The zero-order chi connectivity index (χ0) is 25.9. The van der Waals surface area contributed by atoms with Crippen molar-refractivity contribution >= 4 is 28.6 Å². The quantitative estimate of drug-likeness (QED) is 0.368. The molecule has 0 aliphatic carbocycles. The van der Waals surface area contributed by atoms with Gasteiger partial charge in [0.2, 0.25) is 5.95 Å². The lowest BCUT2D eigenvalue weighted by atomic mass is 10.0. The van der Waals surface area contributed by atoms with Gasteiger partial charge in [-0.15, -0.1) is 0 Å². The molecule has 0 unspecified atom stereocenters. The molecule has 9 heteroatoms. The van der Waals surface area contributed by atoms with Crippen LogP contribution >= 0.6 is 0 Å². The van der Waals surface area contributed by atoms with Crippen molar-refractivity contribution < 1.29 is 4.79 Å². The molecule has 188 valence electrons. The van der Waals surface area contributed by atoms with Crippen molar-refractivity contribution in [1.29, 1.82) is 0 Å². The summed E-state index contributed by atoms with van der Waals surface area (Å²) in [4.78, 5) is 38.1. The molecule has 4 heterocycles. The standard InChI is InChI=1S/C29H26N8O/c30-27-26(28(38)34-22-11-16-37(17-12-22)29-32-14-5-15-33-29)35-25(24(36-27)19-6-2-1-3-7-19)21-9-10-23-20(18-21)8-4-13-31-23/h1-10,13-15,18,22H,11-12,16-17H2,(H2,30,36)(H,34,38). The average Bonchev–Trinajstić information content (AvgIpc) is 2.98. The van der Waals surface area contributed by atoms with E-state index in [1.54, 1.807) is 24.7 Å². The Morgan fingerprint density at radius 3 is 2.34 bits per heavy atom. The molecular formula is C29H26N8O. The topological polar surface area (TPSA) is 123 Å². The van der Waals surface area contributed by atoms with Gasteiger partial charge in [0.1, 0.15) is 0 Å². The Balaban J connectivity index is 1.30. The Labute approximate surface area is 219 Å². The van der Waals surface area contributed by atoms with Crippen molar-refractivity contribution in [2.45, 2.75) is 18.9 Å². The number of hydrogen-bond donors (Lipinski definition) is 2. The summed E-state index contributed by atoms with van der Waals surface area (Å²) < 4.78 is 0. The van der Waals surface area contributed by atoms with Crippen LogP contribution in [-0.4, -0.2) is 50.0 Å². The van der Waals surface area contributed by atoms with Crippen molar-refractivity contribution in [3.8, 4) is 22.5 Å². The fraction of sp³-hybridized carbons (Fsp3) is 0.172. The highest BCUT2D eigenvalue weighted by Gasteiger charge is 2.25. The third kappa shape index (κ3) is 4.73. The summed E-state index contributed by atoms with van der Waals surface area (Å²) in [7, 11) is 0. The van der Waals surface area contributed by atoms with Crippen molar-refractivity contribution in [3.05, 3.63) is 91.0 Å². The van der Waals surface area contributed by atoms with E-state index in [1.807, 2.05) is 60.7 Å². The molecule has 2 aromatic carbocycles. The van der Waals surface area contributed by atoms with Crippen LogP contribution in [0.4, 0.5) is 11.8 Å². The van der Waals surface area contributed by atoms with Gasteiger partial charge >= 0.3 is 0 Å². The number of nitrogens with two attached hydrogens (primary N) is 1. The van der Waals surface area contributed by atoms with Crippen LogP contribution in [0.25, 0.3) is 33.4 Å². The molecular weight excluding hydrogens is 476 g/mol. The van der Waals surface area contributed by atoms with Crippen molar-refractivity contribution in [1.82, 2.24) is 30.2 Å². The number of piperidine rings is 1. The van der Waals surface area contributed by atoms with E-state index in [9.17, 15) is 4.79 Å². The van der Waals surface area contributed by atoms with E-state index in [1.165, 1.54) is 0 Å². The lowest BCUT2D eigenvalue weighted by Gasteiger charge is -2.32. The highest BCUT2D eigenvalue weighted by molar-refractivity contribution is 5.98. The third-order valence-corrected chi connectivity index (χ3v) is 6.73. The number of pyridine rings is 1. The molecule has 0 atom stereocenters. The SMILES string of the molecule is Nc1nc(-c2ccccc2)c(-c2ccc3ncccc3c2)nc1C(=O)NC1CCN(c2ncccn2)CC1.